The quantitative estimate of drug-likeness (QED) is 0.367. The molecule has 166 valence electrons. The highest BCUT2D eigenvalue weighted by Crippen LogP contribution is 2.46. The van der Waals surface area contributed by atoms with Gasteiger partial charge in [0.1, 0.15) is 12.3 Å². The number of nitrogens with zero attached hydrogens (tertiary/aromatic N) is 1. The zero-order chi connectivity index (χ0) is 22.8. The van der Waals surface area contributed by atoms with E-state index < -0.39 is 5.97 Å². The van der Waals surface area contributed by atoms with Gasteiger partial charge in [0.15, 0.2) is 0 Å². The molecule has 0 amide bonds. The number of aryl methyl sites for hydroxylation is 1. The lowest BCUT2D eigenvalue weighted by molar-refractivity contribution is 0.0697. The summed E-state index contributed by atoms with van der Waals surface area (Å²) < 4.78 is 0. The van der Waals surface area contributed by atoms with Crippen LogP contribution in [0.5, 0.6) is 0 Å². The largest absolute Gasteiger partial charge is 0.478 e. The Hall–Kier alpha value is -2.66. The minimum atomic E-state index is -0.946. The van der Waals surface area contributed by atoms with Crippen LogP contribution >= 0.6 is 0 Å². The molecule has 3 N–H and O–H groups in total. The van der Waals surface area contributed by atoms with Crippen molar-refractivity contribution in [3.63, 3.8) is 0 Å². The standard InChI is InChI=1S/C26H34N2O3/c1-17-15-21-22(26(4,5)12-11-25(21,2)3)16-20(17)23(28-31-14-6-13-27)18-7-9-19(10-8-18)24(29)30/h7-10,15-16H,6,11-14,27H2,1-5H3,(H,29,30). The Balaban J connectivity index is 2.14. The fourth-order valence-corrected chi connectivity index (χ4v) is 4.26. The molecule has 0 unspecified atom stereocenters. The third kappa shape index (κ3) is 4.82. The van der Waals surface area contributed by atoms with Crippen molar-refractivity contribution in [1.82, 2.24) is 0 Å². The molecule has 5 heteroatoms. The predicted molar refractivity (Wildman–Crippen MR) is 125 cm³/mol. The molecule has 0 aliphatic heterocycles. The van der Waals surface area contributed by atoms with Gasteiger partial charge in [0.25, 0.3) is 0 Å². The van der Waals surface area contributed by atoms with Crippen LogP contribution in [-0.2, 0) is 15.7 Å². The van der Waals surface area contributed by atoms with Gasteiger partial charge < -0.3 is 15.7 Å². The fourth-order valence-electron chi connectivity index (χ4n) is 4.26. The Morgan fingerprint density at radius 2 is 1.58 bits per heavy atom. The smallest absolute Gasteiger partial charge is 0.335 e. The molecule has 0 aromatic heterocycles. The number of carboxylic acids is 1. The van der Waals surface area contributed by atoms with E-state index in [0.717, 1.165) is 36.0 Å². The normalized spacial score (nSPS) is 17.2. The highest BCUT2D eigenvalue weighted by molar-refractivity contribution is 6.14. The fraction of sp³-hybridized carbons (Fsp3) is 0.462. The number of carboxylic acid groups (broad SMARTS) is 1. The molecule has 0 bridgehead atoms. The van der Waals surface area contributed by atoms with Crippen molar-refractivity contribution in [1.29, 1.82) is 0 Å². The molecule has 0 heterocycles. The molecule has 0 saturated carbocycles. The first kappa shape index (κ1) is 23.0. The zero-order valence-electron chi connectivity index (χ0n) is 19.3. The number of aromatic carboxylic acids is 1. The number of nitrogens with two attached hydrogens (primary N) is 1. The van der Waals surface area contributed by atoms with Crippen molar-refractivity contribution in [2.45, 2.75) is 64.7 Å². The molecule has 2 aromatic carbocycles. The van der Waals surface area contributed by atoms with Gasteiger partial charge >= 0.3 is 5.97 Å². The maximum atomic E-state index is 11.3. The Labute approximate surface area is 185 Å². The van der Waals surface area contributed by atoms with E-state index in [2.05, 4.69) is 51.9 Å². The summed E-state index contributed by atoms with van der Waals surface area (Å²) in [4.78, 5) is 16.9. The monoisotopic (exact) mass is 422 g/mol. The molecule has 2 aromatic rings. The number of rotatable bonds is 7. The molecule has 3 rings (SSSR count). The molecule has 0 fully saturated rings. The first-order valence-electron chi connectivity index (χ1n) is 11.0. The van der Waals surface area contributed by atoms with Gasteiger partial charge in [-0.1, -0.05) is 51.0 Å². The van der Waals surface area contributed by atoms with Crippen LogP contribution < -0.4 is 5.73 Å². The number of fused-ring (bicyclic) bond motifs is 1. The number of oxime groups is 1. The maximum Gasteiger partial charge on any atom is 0.335 e. The zero-order valence-corrected chi connectivity index (χ0v) is 19.3. The number of hydrogen-bond acceptors (Lipinski definition) is 4. The van der Waals surface area contributed by atoms with Crippen molar-refractivity contribution in [3.05, 3.63) is 69.8 Å². The average Bonchev–Trinajstić information content (AvgIpc) is 2.72. The van der Waals surface area contributed by atoms with E-state index in [0.29, 0.717) is 18.9 Å². The minimum Gasteiger partial charge on any atom is -0.478 e. The third-order valence-corrected chi connectivity index (χ3v) is 6.45. The molecule has 0 saturated heterocycles. The van der Waals surface area contributed by atoms with E-state index in [4.69, 9.17) is 10.6 Å². The van der Waals surface area contributed by atoms with Crippen LogP contribution in [0.4, 0.5) is 0 Å². The van der Waals surface area contributed by atoms with E-state index in [-0.39, 0.29) is 16.4 Å². The first-order chi connectivity index (χ1) is 14.6. The van der Waals surface area contributed by atoms with Crippen LogP contribution in [0.3, 0.4) is 0 Å². The summed E-state index contributed by atoms with van der Waals surface area (Å²) in [7, 11) is 0. The molecular formula is C26H34N2O3. The van der Waals surface area contributed by atoms with Crippen molar-refractivity contribution < 1.29 is 14.7 Å². The van der Waals surface area contributed by atoms with Crippen LogP contribution in [-0.4, -0.2) is 29.9 Å². The number of hydrogen-bond donors (Lipinski definition) is 2. The summed E-state index contributed by atoms with van der Waals surface area (Å²) in [6.07, 6.45) is 3.01. The van der Waals surface area contributed by atoms with Crippen LogP contribution in [0.1, 0.15) is 85.1 Å². The molecule has 0 radical (unpaired) electrons. The lowest BCUT2D eigenvalue weighted by Crippen LogP contribution is -2.34. The second-order valence-electron chi connectivity index (χ2n) is 9.78. The maximum absolute atomic E-state index is 11.3. The molecule has 1 aliphatic rings. The van der Waals surface area contributed by atoms with Crippen LogP contribution in [0.15, 0.2) is 41.6 Å². The molecule has 1 aliphatic carbocycles. The van der Waals surface area contributed by atoms with Crippen LogP contribution in [0.25, 0.3) is 0 Å². The Morgan fingerprint density at radius 3 is 2.13 bits per heavy atom. The summed E-state index contributed by atoms with van der Waals surface area (Å²) in [6, 6.07) is 11.4. The van der Waals surface area contributed by atoms with E-state index in [9.17, 15) is 9.90 Å². The average molecular weight is 423 g/mol. The Morgan fingerprint density at radius 1 is 1.03 bits per heavy atom. The van der Waals surface area contributed by atoms with E-state index in [1.165, 1.54) is 11.1 Å². The Bertz CT molecular complexity index is 988. The second-order valence-corrected chi connectivity index (χ2v) is 9.78. The van der Waals surface area contributed by atoms with E-state index in [1.807, 2.05) is 0 Å². The summed E-state index contributed by atoms with van der Waals surface area (Å²) in [6.45, 7) is 12.3. The van der Waals surface area contributed by atoms with Crippen molar-refractivity contribution in [2.75, 3.05) is 13.2 Å². The third-order valence-electron chi connectivity index (χ3n) is 6.45. The van der Waals surface area contributed by atoms with Gasteiger partial charge in [0.2, 0.25) is 0 Å². The van der Waals surface area contributed by atoms with Crippen LogP contribution in [0, 0.1) is 6.92 Å². The Kier molecular flexibility index (Phi) is 6.56. The SMILES string of the molecule is Cc1cc2c(cc1C(=NOCCCN)c1ccc(C(=O)O)cc1)C(C)(C)CCC2(C)C. The van der Waals surface area contributed by atoms with Gasteiger partial charge in [0.05, 0.1) is 5.56 Å². The van der Waals surface area contributed by atoms with E-state index in [1.54, 1.807) is 24.3 Å². The van der Waals surface area contributed by atoms with Crippen molar-refractivity contribution in [2.24, 2.45) is 10.9 Å². The predicted octanol–water partition coefficient (Wildman–Crippen LogP) is 5.16. The van der Waals surface area contributed by atoms with Gasteiger partial charge in [-0.25, -0.2) is 4.79 Å². The minimum absolute atomic E-state index is 0.0754. The summed E-state index contributed by atoms with van der Waals surface area (Å²) in [5.41, 5.74) is 12.5. The van der Waals surface area contributed by atoms with Gasteiger partial charge in [-0.15, -0.1) is 0 Å². The summed E-state index contributed by atoms with van der Waals surface area (Å²) in [5, 5.41) is 13.7. The molecule has 31 heavy (non-hydrogen) atoms. The van der Waals surface area contributed by atoms with Gasteiger partial charge in [-0.05, 0) is 78.5 Å². The highest BCUT2D eigenvalue weighted by Gasteiger charge is 2.37. The highest BCUT2D eigenvalue weighted by atomic mass is 16.6. The first-order valence-corrected chi connectivity index (χ1v) is 11.0. The van der Waals surface area contributed by atoms with Crippen LogP contribution in [0.2, 0.25) is 0 Å². The lowest BCUT2D eigenvalue weighted by Gasteiger charge is -2.42. The molecule has 0 spiro atoms. The van der Waals surface area contributed by atoms with Gasteiger partial charge in [0, 0.05) is 11.1 Å². The van der Waals surface area contributed by atoms with Crippen molar-refractivity contribution >= 4 is 11.7 Å². The molecule has 5 nitrogen and oxygen atoms in total. The lowest BCUT2D eigenvalue weighted by atomic mass is 9.62. The van der Waals surface area contributed by atoms with Crippen molar-refractivity contribution in [3.8, 4) is 0 Å². The topological polar surface area (TPSA) is 84.9 Å². The second kappa shape index (κ2) is 8.83. The van der Waals surface area contributed by atoms with Gasteiger partial charge in [-0.2, -0.15) is 0 Å². The number of carbonyl (C=O) groups is 1. The van der Waals surface area contributed by atoms with Gasteiger partial charge in [-0.3, -0.25) is 0 Å². The number of benzene rings is 2. The molecular weight excluding hydrogens is 388 g/mol. The van der Waals surface area contributed by atoms with E-state index >= 15 is 0 Å². The summed E-state index contributed by atoms with van der Waals surface area (Å²) >= 11 is 0. The summed E-state index contributed by atoms with van der Waals surface area (Å²) in [5.74, 6) is -0.946. The molecule has 0 atom stereocenters.